The van der Waals surface area contributed by atoms with Crippen LogP contribution in [0.5, 0.6) is 0 Å². The Labute approximate surface area is 109 Å². The Bertz CT molecular complexity index is 434. The average molecular weight is 278 g/mol. The van der Waals surface area contributed by atoms with Crippen LogP contribution in [0.4, 0.5) is 24.8 Å². The van der Waals surface area contributed by atoms with Crippen LogP contribution in [0, 0.1) is 0 Å². The zero-order valence-corrected chi connectivity index (χ0v) is 10.9. The molecule has 1 aromatic rings. The van der Waals surface area contributed by atoms with Crippen molar-refractivity contribution in [1.82, 2.24) is 4.98 Å². The number of nitrogens with zero attached hydrogens (tertiary/aromatic N) is 1. The van der Waals surface area contributed by atoms with E-state index < -0.39 is 17.3 Å². The van der Waals surface area contributed by atoms with Gasteiger partial charge in [0, 0.05) is 13.7 Å². The minimum Gasteiger partial charge on any atom is -0.377 e. The van der Waals surface area contributed by atoms with Gasteiger partial charge in [0.05, 0.1) is 11.2 Å². The smallest absolute Gasteiger partial charge is 0.377 e. The van der Waals surface area contributed by atoms with Crippen LogP contribution in [-0.2, 0) is 10.9 Å². The Kier molecular flexibility index (Phi) is 4.59. The van der Waals surface area contributed by atoms with Crippen LogP contribution in [0.1, 0.15) is 19.4 Å². The first-order chi connectivity index (χ1) is 8.68. The van der Waals surface area contributed by atoms with E-state index in [2.05, 4.69) is 15.7 Å². The number of nitrogens with one attached hydrogen (secondary N) is 2. The lowest BCUT2D eigenvalue weighted by atomic mass is 10.1. The van der Waals surface area contributed by atoms with Crippen LogP contribution in [0.15, 0.2) is 12.1 Å². The summed E-state index contributed by atoms with van der Waals surface area (Å²) in [5.41, 5.74) is 0.761. The predicted octanol–water partition coefficient (Wildman–Crippen LogP) is 2.22. The standard InChI is InChI=1S/C11H17F3N4O/c1-10(2,19-3)6-16-8-4-7(11(12,13)14)5-9(17-8)18-15/h4-5H,6,15H2,1-3H3,(H2,16,17,18). The van der Waals surface area contributed by atoms with E-state index in [9.17, 15) is 13.2 Å². The van der Waals surface area contributed by atoms with Gasteiger partial charge in [-0.15, -0.1) is 0 Å². The monoisotopic (exact) mass is 278 g/mol. The second-order valence-electron chi connectivity index (χ2n) is 4.59. The van der Waals surface area contributed by atoms with Gasteiger partial charge in [0.1, 0.15) is 11.6 Å². The number of pyridine rings is 1. The number of halogens is 3. The summed E-state index contributed by atoms with van der Waals surface area (Å²) in [6.07, 6.45) is -4.46. The van der Waals surface area contributed by atoms with Gasteiger partial charge in [0.15, 0.2) is 0 Å². The summed E-state index contributed by atoms with van der Waals surface area (Å²) in [6, 6.07) is 1.76. The average Bonchev–Trinajstić information content (AvgIpc) is 2.35. The Morgan fingerprint density at radius 2 is 1.84 bits per heavy atom. The number of nitrogen functional groups attached to an aromatic ring is 1. The normalized spacial score (nSPS) is 12.4. The van der Waals surface area contributed by atoms with Crippen molar-refractivity contribution in [3.05, 3.63) is 17.7 Å². The molecular formula is C11H17F3N4O. The molecule has 0 aliphatic rings. The summed E-state index contributed by atoms with van der Waals surface area (Å²) in [4.78, 5) is 3.90. The lowest BCUT2D eigenvalue weighted by Crippen LogP contribution is -2.32. The highest BCUT2D eigenvalue weighted by atomic mass is 19.4. The molecule has 0 unspecified atom stereocenters. The summed E-state index contributed by atoms with van der Waals surface area (Å²) < 4.78 is 43.2. The maximum Gasteiger partial charge on any atom is 0.416 e. The van der Waals surface area contributed by atoms with Gasteiger partial charge in [0.2, 0.25) is 0 Å². The highest BCUT2D eigenvalue weighted by molar-refractivity contribution is 5.49. The number of methoxy groups -OCH3 is 1. The fourth-order valence-electron chi connectivity index (χ4n) is 1.23. The number of ether oxygens (including phenoxy) is 1. The summed E-state index contributed by atoms with van der Waals surface area (Å²) in [6.45, 7) is 3.91. The molecule has 0 saturated carbocycles. The van der Waals surface area contributed by atoms with E-state index >= 15 is 0 Å². The number of rotatable bonds is 5. The molecule has 108 valence electrons. The Balaban J connectivity index is 2.95. The third-order valence-electron chi connectivity index (χ3n) is 2.55. The summed E-state index contributed by atoms with van der Waals surface area (Å²) in [5.74, 6) is 5.12. The van der Waals surface area contributed by atoms with Gasteiger partial charge < -0.3 is 15.5 Å². The first kappa shape index (κ1) is 15.5. The molecule has 0 radical (unpaired) electrons. The van der Waals surface area contributed by atoms with E-state index in [1.807, 2.05) is 0 Å². The van der Waals surface area contributed by atoms with E-state index in [1.54, 1.807) is 13.8 Å². The van der Waals surface area contributed by atoms with Crippen LogP contribution >= 0.6 is 0 Å². The molecule has 19 heavy (non-hydrogen) atoms. The molecular weight excluding hydrogens is 261 g/mol. The number of hydrogen-bond donors (Lipinski definition) is 3. The molecule has 0 fully saturated rings. The van der Waals surface area contributed by atoms with Crippen molar-refractivity contribution in [3.63, 3.8) is 0 Å². The van der Waals surface area contributed by atoms with Crippen LogP contribution < -0.4 is 16.6 Å². The van der Waals surface area contributed by atoms with Crippen molar-refractivity contribution in [2.24, 2.45) is 5.84 Å². The van der Waals surface area contributed by atoms with Gasteiger partial charge >= 0.3 is 6.18 Å². The molecule has 1 rings (SSSR count). The number of anilines is 2. The molecule has 1 aromatic heterocycles. The highest BCUT2D eigenvalue weighted by Crippen LogP contribution is 2.31. The first-order valence-corrected chi connectivity index (χ1v) is 5.53. The maximum atomic E-state index is 12.7. The molecule has 0 spiro atoms. The third-order valence-corrected chi connectivity index (χ3v) is 2.55. The molecule has 0 aliphatic heterocycles. The third kappa shape index (κ3) is 4.56. The van der Waals surface area contributed by atoms with Gasteiger partial charge in [-0.05, 0) is 26.0 Å². The molecule has 1 heterocycles. The van der Waals surface area contributed by atoms with Crippen molar-refractivity contribution in [2.45, 2.75) is 25.6 Å². The van der Waals surface area contributed by atoms with Gasteiger partial charge in [-0.3, -0.25) is 0 Å². The second kappa shape index (κ2) is 5.62. The lowest BCUT2D eigenvalue weighted by Gasteiger charge is -2.23. The van der Waals surface area contributed by atoms with E-state index in [1.165, 1.54) is 7.11 Å². The van der Waals surface area contributed by atoms with Crippen molar-refractivity contribution < 1.29 is 17.9 Å². The largest absolute Gasteiger partial charge is 0.416 e. The number of hydrogen-bond acceptors (Lipinski definition) is 5. The molecule has 4 N–H and O–H groups in total. The minimum absolute atomic E-state index is 0.0625. The van der Waals surface area contributed by atoms with Crippen LogP contribution in [0.25, 0.3) is 0 Å². The van der Waals surface area contributed by atoms with Crippen molar-refractivity contribution in [3.8, 4) is 0 Å². The molecule has 0 bridgehead atoms. The van der Waals surface area contributed by atoms with Crippen molar-refractivity contribution >= 4 is 11.6 Å². The molecule has 0 aliphatic carbocycles. The van der Waals surface area contributed by atoms with E-state index in [-0.39, 0.29) is 11.6 Å². The fourth-order valence-corrected chi connectivity index (χ4v) is 1.23. The molecule has 0 amide bonds. The van der Waals surface area contributed by atoms with Crippen LogP contribution in [0.2, 0.25) is 0 Å². The molecule has 0 atom stereocenters. The van der Waals surface area contributed by atoms with E-state index in [4.69, 9.17) is 10.6 Å². The number of hydrazine groups is 1. The van der Waals surface area contributed by atoms with Gasteiger partial charge in [-0.1, -0.05) is 0 Å². The minimum atomic E-state index is -4.46. The topological polar surface area (TPSA) is 72.2 Å². The predicted molar refractivity (Wildman–Crippen MR) is 66.6 cm³/mol. The van der Waals surface area contributed by atoms with Gasteiger partial charge in [-0.25, -0.2) is 10.8 Å². The Morgan fingerprint density at radius 1 is 1.26 bits per heavy atom. The highest BCUT2D eigenvalue weighted by Gasteiger charge is 2.31. The first-order valence-electron chi connectivity index (χ1n) is 5.53. The lowest BCUT2D eigenvalue weighted by molar-refractivity contribution is -0.137. The molecule has 0 saturated heterocycles. The van der Waals surface area contributed by atoms with E-state index in [0.29, 0.717) is 6.54 Å². The number of nitrogens with two attached hydrogens (primary N) is 1. The Morgan fingerprint density at radius 3 is 2.32 bits per heavy atom. The zero-order valence-electron chi connectivity index (χ0n) is 10.9. The van der Waals surface area contributed by atoms with Crippen molar-refractivity contribution in [1.29, 1.82) is 0 Å². The fraction of sp³-hybridized carbons (Fsp3) is 0.545. The summed E-state index contributed by atoms with van der Waals surface area (Å²) >= 11 is 0. The van der Waals surface area contributed by atoms with Gasteiger partial charge in [-0.2, -0.15) is 13.2 Å². The van der Waals surface area contributed by atoms with Crippen LogP contribution in [0.3, 0.4) is 0 Å². The summed E-state index contributed by atoms with van der Waals surface area (Å²) in [5, 5.41) is 2.79. The summed E-state index contributed by atoms with van der Waals surface area (Å²) in [7, 11) is 1.52. The molecule has 8 heteroatoms. The molecule has 0 aromatic carbocycles. The van der Waals surface area contributed by atoms with Gasteiger partial charge in [0.25, 0.3) is 0 Å². The van der Waals surface area contributed by atoms with Crippen molar-refractivity contribution in [2.75, 3.05) is 24.4 Å². The number of alkyl halides is 3. The van der Waals surface area contributed by atoms with Crippen LogP contribution in [-0.4, -0.2) is 24.2 Å². The molecule has 5 nitrogen and oxygen atoms in total. The number of aromatic nitrogens is 1. The zero-order chi connectivity index (χ0) is 14.7. The maximum absolute atomic E-state index is 12.7. The second-order valence-corrected chi connectivity index (χ2v) is 4.59. The Hall–Kier alpha value is -1.54. The SMILES string of the molecule is COC(C)(C)CNc1cc(C(F)(F)F)cc(NN)n1. The quantitative estimate of drug-likeness (QED) is 0.569. The van der Waals surface area contributed by atoms with E-state index in [0.717, 1.165) is 12.1 Å².